The molecule has 0 heterocycles. The molecule has 3 aromatic rings. The fourth-order valence-corrected chi connectivity index (χ4v) is 5.23. The Morgan fingerprint density at radius 1 is 0.972 bits per heavy atom. The van der Waals surface area contributed by atoms with Crippen molar-refractivity contribution in [2.75, 3.05) is 17.9 Å². The zero-order valence-electron chi connectivity index (χ0n) is 20.1. The Hall–Kier alpha value is -3.24. The predicted molar refractivity (Wildman–Crippen MR) is 140 cm³/mol. The summed E-state index contributed by atoms with van der Waals surface area (Å²) in [7, 11) is -2.76. The van der Waals surface area contributed by atoms with Gasteiger partial charge in [0.25, 0.3) is 10.0 Å². The fourth-order valence-electron chi connectivity index (χ4n) is 3.55. The van der Waals surface area contributed by atoms with Crippen LogP contribution < -0.4 is 9.62 Å². The molecule has 0 unspecified atom stereocenters. The molecule has 0 aliphatic carbocycles. The molecule has 190 valence electrons. The van der Waals surface area contributed by atoms with Crippen LogP contribution in [0.2, 0.25) is 0 Å². The summed E-state index contributed by atoms with van der Waals surface area (Å²) >= 11 is 3.37. The second-order valence-corrected chi connectivity index (χ2v) is 11.0. The van der Waals surface area contributed by atoms with Crippen LogP contribution in [0.25, 0.3) is 0 Å². The summed E-state index contributed by atoms with van der Waals surface area (Å²) in [4.78, 5) is 27.3. The number of benzene rings is 3. The highest BCUT2D eigenvalue weighted by Crippen LogP contribution is 2.25. The van der Waals surface area contributed by atoms with E-state index < -0.39 is 34.3 Å². The Morgan fingerprint density at radius 3 is 2.11 bits per heavy atom. The molecule has 3 aromatic carbocycles. The molecule has 0 spiro atoms. The average Bonchev–Trinajstić information content (AvgIpc) is 2.86. The highest BCUT2D eigenvalue weighted by atomic mass is 79.9. The predicted octanol–water partition coefficient (Wildman–Crippen LogP) is 4.26. The standard InChI is InChI=1S/C26H27BrFN3O4S/c1-18-4-12-23(13-5-18)31(36(34,35)24-14-10-22(28)11-15-24)17-25(32)30(19(2)26(33)29-3)16-20-6-8-21(27)9-7-20/h4-15,19H,16-17H2,1-3H3,(H,29,33)/t19-/m0/s1. The zero-order valence-corrected chi connectivity index (χ0v) is 22.5. The Bertz CT molecular complexity index is 1310. The first kappa shape index (κ1) is 27.3. The molecular weight excluding hydrogens is 549 g/mol. The van der Waals surface area contributed by atoms with Gasteiger partial charge in [0.05, 0.1) is 10.6 Å². The number of nitrogens with one attached hydrogen (secondary N) is 1. The van der Waals surface area contributed by atoms with Crippen LogP contribution in [-0.4, -0.2) is 44.8 Å². The molecule has 0 saturated heterocycles. The van der Waals surface area contributed by atoms with Crippen LogP contribution in [0.3, 0.4) is 0 Å². The number of halogens is 2. The van der Waals surface area contributed by atoms with Gasteiger partial charge in [-0.15, -0.1) is 0 Å². The smallest absolute Gasteiger partial charge is 0.264 e. The first-order chi connectivity index (χ1) is 17.0. The van der Waals surface area contributed by atoms with Crippen molar-refractivity contribution in [1.82, 2.24) is 10.2 Å². The van der Waals surface area contributed by atoms with E-state index >= 15 is 0 Å². The number of amides is 2. The van der Waals surface area contributed by atoms with E-state index in [1.807, 2.05) is 31.2 Å². The van der Waals surface area contributed by atoms with E-state index in [4.69, 9.17) is 0 Å². The molecule has 3 rings (SSSR count). The van der Waals surface area contributed by atoms with Crippen LogP contribution in [0.4, 0.5) is 10.1 Å². The molecule has 7 nitrogen and oxygen atoms in total. The third-order valence-electron chi connectivity index (χ3n) is 5.68. The van der Waals surface area contributed by atoms with E-state index in [9.17, 15) is 22.4 Å². The molecule has 0 radical (unpaired) electrons. The molecule has 36 heavy (non-hydrogen) atoms. The summed E-state index contributed by atoms with van der Waals surface area (Å²) in [5.41, 5.74) is 1.95. The summed E-state index contributed by atoms with van der Waals surface area (Å²) in [6.07, 6.45) is 0. The van der Waals surface area contributed by atoms with Gasteiger partial charge in [0.15, 0.2) is 0 Å². The average molecular weight is 576 g/mol. The van der Waals surface area contributed by atoms with Gasteiger partial charge < -0.3 is 10.2 Å². The fraction of sp³-hybridized carbons (Fsp3) is 0.231. The van der Waals surface area contributed by atoms with E-state index in [2.05, 4.69) is 21.2 Å². The monoisotopic (exact) mass is 575 g/mol. The van der Waals surface area contributed by atoms with Crippen molar-refractivity contribution < 1.29 is 22.4 Å². The molecule has 0 fully saturated rings. The summed E-state index contributed by atoms with van der Waals surface area (Å²) < 4.78 is 42.5. The zero-order chi connectivity index (χ0) is 26.5. The molecular formula is C26H27BrFN3O4S. The molecule has 0 aliphatic heterocycles. The number of anilines is 1. The van der Waals surface area contributed by atoms with Gasteiger partial charge in [-0.25, -0.2) is 12.8 Å². The van der Waals surface area contributed by atoms with Crippen LogP contribution in [0.5, 0.6) is 0 Å². The lowest BCUT2D eigenvalue weighted by atomic mass is 10.1. The van der Waals surface area contributed by atoms with Gasteiger partial charge in [-0.2, -0.15) is 0 Å². The number of nitrogens with zero attached hydrogens (tertiary/aromatic N) is 2. The van der Waals surface area contributed by atoms with Gasteiger partial charge in [-0.1, -0.05) is 45.8 Å². The molecule has 0 saturated carbocycles. The maximum Gasteiger partial charge on any atom is 0.264 e. The van der Waals surface area contributed by atoms with Crippen molar-refractivity contribution in [2.45, 2.75) is 31.3 Å². The summed E-state index contributed by atoms with van der Waals surface area (Å²) in [6.45, 7) is 2.98. The minimum atomic E-state index is -4.23. The SMILES string of the molecule is CNC(=O)[C@H](C)N(Cc1ccc(Br)cc1)C(=O)CN(c1ccc(C)cc1)S(=O)(=O)c1ccc(F)cc1. The van der Waals surface area contributed by atoms with Crippen molar-refractivity contribution in [1.29, 1.82) is 0 Å². The van der Waals surface area contributed by atoms with E-state index in [-0.39, 0.29) is 23.0 Å². The number of sulfonamides is 1. The third kappa shape index (κ3) is 6.50. The lowest BCUT2D eigenvalue weighted by Crippen LogP contribution is -2.50. The van der Waals surface area contributed by atoms with Crippen LogP contribution in [0.1, 0.15) is 18.1 Å². The van der Waals surface area contributed by atoms with Crippen molar-refractivity contribution in [2.24, 2.45) is 0 Å². The number of rotatable bonds is 9. The van der Waals surface area contributed by atoms with Gasteiger partial charge in [0.1, 0.15) is 18.4 Å². The second kappa shape index (κ2) is 11.7. The lowest BCUT2D eigenvalue weighted by Gasteiger charge is -2.31. The number of likely N-dealkylation sites (N-methyl/N-ethyl adjacent to an activating group) is 1. The normalized spacial score (nSPS) is 12.0. The van der Waals surface area contributed by atoms with Crippen molar-refractivity contribution in [3.63, 3.8) is 0 Å². The van der Waals surface area contributed by atoms with Crippen LogP contribution in [-0.2, 0) is 26.2 Å². The number of hydrogen-bond acceptors (Lipinski definition) is 4. The van der Waals surface area contributed by atoms with E-state index in [1.54, 1.807) is 31.2 Å². The molecule has 1 N–H and O–H groups in total. The van der Waals surface area contributed by atoms with Crippen molar-refractivity contribution in [3.8, 4) is 0 Å². The molecule has 1 atom stereocenters. The molecule has 2 amide bonds. The number of aryl methyl sites for hydroxylation is 1. The Labute approximate surface area is 219 Å². The molecule has 0 bridgehead atoms. The molecule has 0 aliphatic rings. The maximum atomic E-state index is 13.6. The van der Waals surface area contributed by atoms with Gasteiger partial charge in [0, 0.05) is 18.1 Å². The minimum Gasteiger partial charge on any atom is -0.357 e. The van der Waals surface area contributed by atoms with Gasteiger partial charge in [-0.3, -0.25) is 13.9 Å². The molecule has 10 heteroatoms. The number of hydrogen-bond donors (Lipinski definition) is 1. The Morgan fingerprint density at radius 2 is 1.56 bits per heavy atom. The van der Waals surface area contributed by atoms with E-state index in [0.717, 1.165) is 44.2 Å². The Kier molecular flexibility index (Phi) is 8.86. The number of carbonyl (C=O) groups is 2. The van der Waals surface area contributed by atoms with Crippen LogP contribution >= 0.6 is 15.9 Å². The largest absolute Gasteiger partial charge is 0.357 e. The number of carbonyl (C=O) groups excluding carboxylic acids is 2. The maximum absolute atomic E-state index is 13.6. The minimum absolute atomic E-state index is 0.0963. The van der Waals surface area contributed by atoms with Gasteiger partial charge >= 0.3 is 0 Å². The highest BCUT2D eigenvalue weighted by molar-refractivity contribution is 9.10. The highest BCUT2D eigenvalue weighted by Gasteiger charge is 2.32. The summed E-state index contributed by atoms with van der Waals surface area (Å²) in [5.74, 6) is -1.53. The first-order valence-electron chi connectivity index (χ1n) is 11.1. The van der Waals surface area contributed by atoms with Gasteiger partial charge in [-0.05, 0) is 67.9 Å². The second-order valence-electron chi connectivity index (χ2n) is 8.24. The topological polar surface area (TPSA) is 86.8 Å². The van der Waals surface area contributed by atoms with Crippen LogP contribution in [0, 0.1) is 12.7 Å². The third-order valence-corrected chi connectivity index (χ3v) is 8.00. The van der Waals surface area contributed by atoms with E-state index in [0.29, 0.717) is 0 Å². The van der Waals surface area contributed by atoms with E-state index in [1.165, 1.54) is 11.9 Å². The first-order valence-corrected chi connectivity index (χ1v) is 13.4. The van der Waals surface area contributed by atoms with Crippen molar-refractivity contribution in [3.05, 3.63) is 94.2 Å². The van der Waals surface area contributed by atoms with Gasteiger partial charge in [0.2, 0.25) is 11.8 Å². The lowest BCUT2D eigenvalue weighted by molar-refractivity contribution is -0.139. The summed E-state index contributed by atoms with van der Waals surface area (Å²) in [6, 6.07) is 17.5. The van der Waals surface area contributed by atoms with Crippen molar-refractivity contribution >= 4 is 43.5 Å². The van der Waals surface area contributed by atoms with Crippen LogP contribution in [0.15, 0.2) is 82.2 Å². The summed E-state index contributed by atoms with van der Waals surface area (Å²) in [5, 5.41) is 2.54. The Balaban J connectivity index is 2.01. The molecule has 0 aromatic heterocycles. The quantitative estimate of drug-likeness (QED) is 0.413.